The molecular formula is C27H28O2. The maximum atomic E-state index is 11.0. The predicted molar refractivity (Wildman–Crippen MR) is 118 cm³/mol. The van der Waals surface area contributed by atoms with Gasteiger partial charge in [0.1, 0.15) is 5.60 Å². The Balaban J connectivity index is 1.89. The molecule has 1 N–H and O–H groups in total. The van der Waals surface area contributed by atoms with Crippen LogP contribution in [-0.2, 0) is 10.3 Å². The van der Waals surface area contributed by atoms with E-state index in [1.807, 2.05) is 60.7 Å². The largest absolute Gasteiger partial charge is 0.390 e. The summed E-state index contributed by atoms with van der Waals surface area (Å²) >= 11 is 0. The molecule has 1 aliphatic rings. The lowest BCUT2D eigenvalue weighted by Gasteiger charge is -2.43. The molecule has 3 aromatic carbocycles. The zero-order valence-corrected chi connectivity index (χ0v) is 16.7. The number of benzene rings is 3. The highest BCUT2D eigenvalue weighted by molar-refractivity contribution is 5.47. The average molecular weight is 385 g/mol. The van der Waals surface area contributed by atoms with Crippen molar-refractivity contribution >= 4 is 0 Å². The molecule has 0 aliphatic heterocycles. The van der Waals surface area contributed by atoms with Gasteiger partial charge in [-0.3, -0.25) is 0 Å². The third-order valence-electron chi connectivity index (χ3n) is 6.02. The van der Waals surface area contributed by atoms with Gasteiger partial charge in [0.25, 0.3) is 0 Å². The number of ether oxygens (including phenoxy) is 1. The molecule has 0 radical (unpaired) electrons. The van der Waals surface area contributed by atoms with Crippen molar-refractivity contribution in [3.05, 3.63) is 120 Å². The fraction of sp³-hybridized carbons (Fsp3) is 0.259. The number of aliphatic hydroxyl groups excluding tert-OH is 1. The number of aliphatic hydroxyl groups is 1. The van der Waals surface area contributed by atoms with Gasteiger partial charge in [-0.15, -0.1) is 6.58 Å². The summed E-state index contributed by atoms with van der Waals surface area (Å²) in [6.07, 6.45) is 3.85. The molecule has 29 heavy (non-hydrogen) atoms. The first-order chi connectivity index (χ1) is 14.3. The summed E-state index contributed by atoms with van der Waals surface area (Å²) in [6, 6.07) is 31.0. The highest BCUT2D eigenvalue weighted by Gasteiger charge is 2.43. The minimum Gasteiger partial charge on any atom is -0.390 e. The van der Waals surface area contributed by atoms with Crippen LogP contribution in [0.2, 0.25) is 0 Å². The van der Waals surface area contributed by atoms with Crippen LogP contribution in [0.3, 0.4) is 0 Å². The molecule has 1 aliphatic carbocycles. The van der Waals surface area contributed by atoms with Crippen molar-refractivity contribution in [2.45, 2.75) is 37.1 Å². The first-order valence-electron chi connectivity index (χ1n) is 10.4. The Hall–Kier alpha value is -2.68. The molecule has 2 nitrogen and oxygen atoms in total. The van der Waals surface area contributed by atoms with Crippen LogP contribution < -0.4 is 0 Å². The molecule has 0 amide bonds. The van der Waals surface area contributed by atoms with Gasteiger partial charge in [-0.05, 0) is 29.5 Å². The van der Waals surface area contributed by atoms with Gasteiger partial charge >= 0.3 is 0 Å². The minimum absolute atomic E-state index is 0.0637. The van der Waals surface area contributed by atoms with Gasteiger partial charge in [0, 0.05) is 5.92 Å². The predicted octanol–water partition coefficient (Wildman–Crippen LogP) is 5.71. The molecule has 0 bridgehead atoms. The summed E-state index contributed by atoms with van der Waals surface area (Å²) in [4.78, 5) is 0. The summed E-state index contributed by atoms with van der Waals surface area (Å²) in [5.74, 6) is 0.0637. The van der Waals surface area contributed by atoms with Crippen molar-refractivity contribution in [1.82, 2.24) is 0 Å². The van der Waals surface area contributed by atoms with E-state index in [-0.39, 0.29) is 12.0 Å². The molecule has 0 spiro atoms. The topological polar surface area (TPSA) is 29.5 Å². The van der Waals surface area contributed by atoms with Crippen LogP contribution in [-0.4, -0.2) is 17.3 Å². The van der Waals surface area contributed by atoms with Crippen LogP contribution in [0.5, 0.6) is 0 Å². The normalized spacial score (nSPS) is 22.2. The van der Waals surface area contributed by atoms with Crippen molar-refractivity contribution < 1.29 is 9.84 Å². The molecule has 1 fully saturated rings. The molecule has 4 rings (SSSR count). The molecule has 148 valence electrons. The molecule has 3 aromatic rings. The summed E-state index contributed by atoms with van der Waals surface area (Å²) in [6.45, 7) is 3.92. The van der Waals surface area contributed by atoms with E-state index in [9.17, 15) is 5.11 Å². The van der Waals surface area contributed by atoms with Crippen LogP contribution in [0.1, 0.15) is 36.0 Å². The number of rotatable bonds is 6. The lowest BCUT2D eigenvalue weighted by molar-refractivity contribution is -0.128. The number of hydrogen-bond donors (Lipinski definition) is 1. The second-order valence-corrected chi connectivity index (χ2v) is 7.76. The van der Waals surface area contributed by atoms with Crippen molar-refractivity contribution in [3.8, 4) is 0 Å². The number of hydrogen-bond acceptors (Lipinski definition) is 2. The molecule has 1 saturated carbocycles. The smallest absolute Gasteiger partial charge is 0.144 e. The van der Waals surface area contributed by atoms with E-state index >= 15 is 0 Å². The van der Waals surface area contributed by atoms with Crippen molar-refractivity contribution in [3.63, 3.8) is 0 Å². The van der Waals surface area contributed by atoms with E-state index in [1.54, 1.807) is 0 Å². The zero-order valence-electron chi connectivity index (χ0n) is 16.7. The molecular weight excluding hydrogens is 356 g/mol. The second kappa shape index (κ2) is 8.77. The highest BCUT2D eigenvalue weighted by atomic mass is 16.5. The van der Waals surface area contributed by atoms with E-state index in [0.717, 1.165) is 36.0 Å². The molecule has 0 saturated heterocycles. The van der Waals surface area contributed by atoms with E-state index in [1.165, 1.54) is 0 Å². The second-order valence-electron chi connectivity index (χ2n) is 7.76. The Labute approximate surface area is 173 Å². The molecule has 0 unspecified atom stereocenters. The van der Waals surface area contributed by atoms with Gasteiger partial charge in [0.05, 0.1) is 12.2 Å². The third kappa shape index (κ3) is 3.78. The fourth-order valence-corrected chi connectivity index (χ4v) is 4.51. The van der Waals surface area contributed by atoms with E-state index in [4.69, 9.17) is 4.74 Å². The van der Waals surface area contributed by atoms with Crippen LogP contribution in [0, 0.1) is 5.92 Å². The summed E-state index contributed by atoms with van der Waals surface area (Å²) in [5.41, 5.74) is 2.39. The Kier molecular flexibility index (Phi) is 5.94. The maximum Gasteiger partial charge on any atom is 0.144 e. The summed E-state index contributed by atoms with van der Waals surface area (Å²) < 4.78 is 6.98. The Morgan fingerprint density at radius 2 is 1.21 bits per heavy atom. The van der Waals surface area contributed by atoms with Gasteiger partial charge in [-0.25, -0.2) is 0 Å². The van der Waals surface area contributed by atoms with E-state index in [2.05, 4.69) is 43.0 Å². The Morgan fingerprint density at radius 3 is 1.62 bits per heavy atom. The standard InChI is InChI=1S/C27H28O2/c1-2-21-13-12-20-25(26(21)28)29-27(22-14-6-3-7-15-22,23-16-8-4-9-17-23)24-18-10-5-11-19-24/h2-11,14-19,21,25-26,28H,1,12-13,20H2/t21-,25+,26+/m0/s1. The fourth-order valence-electron chi connectivity index (χ4n) is 4.51. The monoisotopic (exact) mass is 384 g/mol. The quantitative estimate of drug-likeness (QED) is 0.436. The maximum absolute atomic E-state index is 11.0. The van der Waals surface area contributed by atoms with E-state index in [0.29, 0.717) is 0 Å². The molecule has 2 heteroatoms. The molecule has 0 aromatic heterocycles. The lowest BCUT2D eigenvalue weighted by atomic mass is 9.78. The van der Waals surface area contributed by atoms with Gasteiger partial charge in [-0.2, -0.15) is 0 Å². The minimum atomic E-state index is -0.793. The first-order valence-corrected chi connectivity index (χ1v) is 10.4. The van der Waals surface area contributed by atoms with Gasteiger partial charge in [0.15, 0.2) is 0 Å². The molecule has 3 atom stereocenters. The van der Waals surface area contributed by atoms with Crippen molar-refractivity contribution in [1.29, 1.82) is 0 Å². The first kappa shape index (κ1) is 19.6. The summed E-state index contributed by atoms with van der Waals surface area (Å²) in [7, 11) is 0. The third-order valence-corrected chi connectivity index (χ3v) is 6.02. The van der Waals surface area contributed by atoms with Crippen molar-refractivity contribution in [2.24, 2.45) is 5.92 Å². The van der Waals surface area contributed by atoms with Crippen LogP contribution in [0.15, 0.2) is 104 Å². The van der Waals surface area contributed by atoms with Crippen LogP contribution >= 0.6 is 0 Å². The van der Waals surface area contributed by atoms with Crippen molar-refractivity contribution in [2.75, 3.05) is 0 Å². The SMILES string of the molecule is C=C[C@H]1CCC[C@@H](OC(c2ccccc2)(c2ccccc2)c2ccccc2)[C@@H]1O. The van der Waals surface area contributed by atoms with E-state index < -0.39 is 11.7 Å². The Morgan fingerprint density at radius 1 is 0.759 bits per heavy atom. The Bertz CT molecular complexity index is 808. The van der Waals surface area contributed by atoms with Crippen LogP contribution in [0.25, 0.3) is 0 Å². The zero-order chi connectivity index (χ0) is 20.1. The van der Waals surface area contributed by atoms with Gasteiger partial charge in [0.2, 0.25) is 0 Å². The lowest BCUT2D eigenvalue weighted by Crippen LogP contribution is -2.45. The average Bonchev–Trinajstić information content (AvgIpc) is 2.80. The van der Waals surface area contributed by atoms with Gasteiger partial charge < -0.3 is 9.84 Å². The van der Waals surface area contributed by atoms with Gasteiger partial charge in [-0.1, -0.05) is 103 Å². The van der Waals surface area contributed by atoms with Crippen LogP contribution in [0.4, 0.5) is 0 Å². The molecule has 0 heterocycles. The summed E-state index contributed by atoms with van der Waals surface area (Å²) in [5, 5.41) is 11.0. The highest BCUT2D eigenvalue weighted by Crippen LogP contribution is 2.43.